The van der Waals surface area contributed by atoms with Crippen molar-refractivity contribution < 1.29 is 4.79 Å². The molecule has 2 aromatic heterocycles. The van der Waals surface area contributed by atoms with Crippen LogP contribution in [0.25, 0.3) is 5.69 Å². The predicted molar refractivity (Wildman–Crippen MR) is 94.4 cm³/mol. The van der Waals surface area contributed by atoms with Gasteiger partial charge in [0.2, 0.25) is 5.91 Å². The fraction of sp³-hybridized carbons (Fsp3) is 0.200. The lowest BCUT2D eigenvalue weighted by molar-refractivity contribution is -0.116. The fourth-order valence-electron chi connectivity index (χ4n) is 2.30. The van der Waals surface area contributed by atoms with Gasteiger partial charge in [-0.3, -0.25) is 9.48 Å². The van der Waals surface area contributed by atoms with Crippen LogP contribution in [0.4, 0.5) is 5.69 Å². The van der Waals surface area contributed by atoms with Crippen molar-refractivity contribution in [3.63, 3.8) is 0 Å². The lowest BCUT2D eigenvalue weighted by atomic mass is 10.2. The molecule has 9 heteroatoms. The second kappa shape index (κ2) is 6.74. The van der Waals surface area contributed by atoms with E-state index in [0.717, 1.165) is 15.9 Å². The van der Waals surface area contributed by atoms with Gasteiger partial charge in [-0.25, -0.2) is 9.67 Å². The molecule has 3 rings (SSSR count). The van der Waals surface area contributed by atoms with Crippen LogP contribution >= 0.6 is 27.5 Å². The Bertz CT molecular complexity index is 890. The zero-order valence-electron chi connectivity index (χ0n) is 13.0. The van der Waals surface area contributed by atoms with Crippen molar-refractivity contribution in [3.05, 3.63) is 51.7 Å². The highest BCUT2D eigenvalue weighted by atomic mass is 79.9. The molecule has 1 amide bonds. The Morgan fingerprint density at radius 3 is 2.79 bits per heavy atom. The number of carbonyl (C=O) groups is 1. The van der Waals surface area contributed by atoms with Crippen LogP contribution in [0.3, 0.4) is 0 Å². The Balaban J connectivity index is 1.84. The summed E-state index contributed by atoms with van der Waals surface area (Å²) in [4.78, 5) is 16.3. The maximum atomic E-state index is 12.4. The van der Waals surface area contributed by atoms with Crippen LogP contribution in [0.2, 0.25) is 5.02 Å². The van der Waals surface area contributed by atoms with Crippen molar-refractivity contribution in [1.29, 1.82) is 0 Å². The highest BCUT2D eigenvalue weighted by Crippen LogP contribution is 2.24. The van der Waals surface area contributed by atoms with Crippen molar-refractivity contribution >= 4 is 39.1 Å². The third-order valence-corrected chi connectivity index (χ3v) is 4.53. The van der Waals surface area contributed by atoms with Gasteiger partial charge in [0.15, 0.2) is 0 Å². The number of carbonyl (C=O) groups excluding carboxylic acids is 1. The molecule has 0 spiro atoms. The van der Waals surface area contributed by atoms with Gasteiger partial charge in [0.1, 0.15) is 19.2 Å². The number of nitrogens with zero attached hydrogens (tertiary/aromatic N) is 5. The quantitative estimate of drug-likeness (QED) is 0.718. The largest absolute Gasteiger partial charge is 0.323 e. The number of hydrogen-bond acceptors (Lipinski definition) is 4. The Labute approximate surface area is 151 Å². The summed E-state index contributed by atoms with van der Waals surface area (Å²) in [6.07, 6.45) is 3.01. The number of halogens is 2. The van der Waals surface area contributed by atoms with Crippen molar-refractivity contribution in [2.75, 3.05) is 5.32 Å². The summed E-state index contributed by atoms with van der Waals surface area (Å²) in [5.41, 5.74) is 2.80. The first kappa shape index (κ1) is 16.7. The molecule has 0 radical (unpaired) electrons. The van der Waals surface area contributed by atoms with Gasteiger partial charge in [-0.05, 0) is 32.0 Å². The number of aromatic nitrogens is 5. The minimum atomic E-state index is -0.211. The van der Waals surface area contributed by atoms with Gasteiger partial charge in [-0.1, -0.05) is 27.5 Å². The zero-order valence-corrected chi connectivity index (χ0v) is 15.3. The lowest BCUT2D eigenvalue weighted by Gasteiger charge is -2.12. The number of nitrogens with one attached hydrogen (secondary N) is 1. The number of rotatable bonds is 4. The van der Waals surface area contributed by atoms with Gasteiger partial charge in [-0.15, -0.1) is 0 Å². The molecule has 0 saturated carbocycles. The number of hydrogen-bond donors (Lipinski definition) is 1. The van der Waals surface area contributed by atoms with Crippen molar-refractivity contribution in [1.82, 2.24) is 24.5 Å². The highest BCUT2D eigenvalue weighted by molar-refractivity contribution is 9.10. The normalized spacial score (nSPS) is 10.8. The molecule has 3 aromatic rings. The van der Waals surface area contributed by atoms with Crippen LogP contribution in [0.5, 0.6) is 0 Å². The average molecular weight is 410 g/mol. The molecule has 0 unspecified atom stereocenters. The Morgan fingerprint density at radius 2 is 2.17 bits per heavy atom. The number of anilines is 1. The van der Waals surface area contributed by atoms with Crippen LogP contribution in [-0.2, 0) is 11.3 Å². The average Bonchev–Trinajstić information content (AvgIpc) is 3.13. The minimum Gasteiger partial charge on any atom is -0.323 e. The zero-order chi connectivity index (χ0) is 17.3. The molecule has 0 fully saturated rings. The Hall–Kier alpha value is -2.19. The van der Waals surface area contributed by atoms with E-state index in [1.807, 2.05) is 25.1 Å². The molecule has 0 aliphatic carbocycles. The molecular formula is C15H14BrClN6O. The van der Waals surface area contributed by atoms with Gasteiger partial charge in [-0.2, -0.15) is 10.2 Å². The maximum absolute atomic E-state index is 12.4. The first-order valence-electron chi connectivity index (χ1n) is 7.09. The summed E-state index contributed by atoms with van der Waals surface area (Å²) in [5, 5.41) is 11.8. The molecule has 2 heterocycles. The summed E-state index contributed by atoms with van der Waals surface area (Å²) in [5.74, 6) is -0.211. The van der Waals surface area contributed by atoms with Crippen LogP contribution in [0.15, 0.2) is 35.3 Å². The third-order valence-electron chi connectivity index (χ3n) is 3.48. The van der Waals surface area contributed by atoms with Gasteiger partial charge < -0.3 is 5.32 Å². The standard InChI is InChI=1S/C15H14BrClN6O/c1-9-15(17)10(2)22(21-9)6-14(24)20-12-5-11(16)3-4-13(12)23-8-18-7-19-23/h3-5,7-8H,6H2,1-2H3,(H,20,24). The topological polar surface area (TPSA) is 77.6 Å². The molecule has 0 aliphatic heterocycles. The molecule has 124 valence electrons. The molecule has 24 heavy (non-hydrogen) atoms. The van der Waals surface area contributed by atoms with E-state index in [1.54, 1.807) is 22.6 Å². The Morgan fingerprint density at radius 1 is 1.38 bits per heavy atom. The van der Waals surface area contributed by atoms with Crippen LogP contribution < -0.4 is 5.32 Å². The van der Waals surface area contributed by atoms with E-state index in [4.69, 9.17) is 11.6 Å². The molecule has 1 aromatic carbocycles. The first-order chi connectivity index (χ1) is 11.5. The summed E-state index contributed by atoms with van der Waals surface area (Å²) >= 11 is 9.53. The van der Waals surface area contributed by atoms with Gasteiger partial charge in [0, 0.05) is 4.47 Å². The van der Waals surface area contributed by atoms with Crippen LogP contribution in [0.1, 0.15) is 11.4 Å². The second-order valence-corrected chi connectivity index (χ2v) is 6.49. The van der Waals surface area contributed by atoms with E-state index in [1.165, 1.54) is 6.33 Å². The number of benzene rings is 1. The Kier molecular flexibility index (Phi) is 4.68. The fourth-order valence-corrected chi connectivity index (χ4v) is 2.79. The summed E-state index contributed by atoms with van der Waals surface area (Å²) in [7, 11) is 0. The van der Waals surface area contributed by atoms with Gasteiger partial charge in [0.05, 0.1) is 27.8 Å². The van der Waals surface area contributed by atoms with Crippen LogP contribution in [-0.4, -0.2) is 30.5 Å². The van der Waals surface area contributed by atoms with E-state index in [2.05, 4.69) is 36.4 Å². The molecule has 0 atom stereocenters. The summed E-state index contributed by atoms with van der Waals surface area (Å²) in [6, 6.07) is 5.52. The summed E-state index contributed by atoms with van der Waals surface area (Å²) < 4.78 is 4.01. The van der Waals surface area contributed by atoms with Gasteiger partial charge >= 0.3 is 0 Å². The van der Waals surface area contributed by atoms with E-state index in [-0.39, 0.29) is 12.5 Å². The van der Waals surface area contributed by atoms with Gasteiger partial charge in [0.25, 0.3) is 0 Å². The van der Waals surface area contributed by atoms with E-state index >= 15 is 0 Å². The third kappa shape index (κ3) is 3.34. The predicted octanol–water partition coefficient (Wildman–Crippen LogP) is 3.14. The smallest absolute Gasteiger partial charge is 0.246 e. The molecular weight excluding hydrogens is 396 g/mol. The number of aryl methyl sites for hydroxylation is 1. The van der Waals surface area contributed by atoms with Crippen LogP contribution in [0, 0.1) is 13.8 Å². The summed E-state index contributed by atoms with van der Waals surface area (Å²) in [6.45, 7) is 3.71. The van der Waals surface area contributed by atoms with Crippen molar-refractivity contribution in [2.45, 2.75) is 20.4 Å². The highest BCUT2D eigenvalue weighted by Gasteiger charge is 2.14. The first-order valence-corrected chi connectivity index (χ1v) is 8.26. The van der Waals surface area contributed by atoms with E-state index in [0.29, 0.717) is 16.4 Å². The second-order valence-electron chi connectivity index (χ2n) is 5.19. The monoisotopic (exact) mass is 408 g/mol. The molecule has 1 N–H and O–H groups in total. The van der Waals surface area contributed by atoms with E-state index in [9.17, 15) is 4.79 Å². The lowest BCUT2D eigenvalue weighted by Crippen LogP contribution is -2.21. The minimum absolute atomic E-state index is 0.0721. The SMILES string of the molecule is Cc1nn(CC(=O)Nc2cc(Br)ccc2-n2cncn2)c(C)c1Cl. The van der Waals surface area contributed by atoms with E-state index < -0.39 is 0 Å². The van der Waals surface area contributed by atoms with Crippen molar-refractivity contribution in [3.8, 4) is 5.69 Å². The van der Waals surface area contributed by atoms with Crippen molar-refractivity contribution in [2.24, 2.45) is 0 Å². The molecule has 0 saturated heterocycles. The number of amides is 1. The molecule has 0 aliphatic rings. The maximum Gasteiger partial charge on any atom is 0.246 e. The molecule has 7 nitrogen and oxygen atoms in total. The molecule has 0 bridgehead atoms.